The van der Waals surface area contributed by atoms with Crippen LogP contribution in [-0.4, -0.2) is 44.4 Å². The van der Waals surface area contributed by atoms with Crippen LogP contribution in [0.1, 0.15) is 28.8 Å². The lowest BCUT2D eigenvalue weighted by Crippen LogP contribution is -2.37. The molecule has 1 aromatic heterocycles. The van der Waals surface area contributed by atoms with Crippen LogP contribution in [0, 0.1) is 6.92 Å². The highest BCUT2D eigenvalue weighted by Crippen LogP contribution is 2.37. The van der Waals surface area contributed by atoms with Crippen molar-refractivity contribution >= 4 is 44.2 Å². The third-order valence-electron chi connectivity index (χ3n) is 5.17. The molecular formula is C22H23ClN2O4S. The molecule has 1 aliphatic rings. The van der Waals surface area contributed by atoms with E-state index in [1.54, 1.807) is 37.3 Å². The Hall–Kier alpha value is -2.35. The standard InChI is InChI=1S/C22H23ClN2O4S/c1-13-6-7-18(23)20-19(13)24-22(30-20)25(12-15-5-4-8-29-15)21(26)14-9-16(27-2)11-17(10-14)28-3/h6-7,9-11,15H,4-5,8,12H2,1-3H3. The lowest BCUT2D eigenvalue weighted by atomic mass is 10.1. The van der Waals surface area contributed by atoms with Crippen molar-refractivity contribution < 1.29 is 19.0 Å². The smallest absolute Gasteiger partial charge is 0.260 e. The number of hydrogen-bond acceptors (Lipinski definition) is 6. The Kier molecular flexibility index (Phi) is 6.13. The normalized spacial score (nSPS) is 16.1. The minimum absolute atomic E-state index is 0.0231. The average Bonchev–Trinajstić information content (AvgIpc) is 3.44. The summed E-state index contributed by atoms with van der Waals surface area (Å²) in [5, 5.41) is 1.23. The Morgan fingerprint density at radius 1 is 1.27 bits per heavy atom. The number of benzene rings is 2. The first-order chi connectivity index (χ1) is 14.5. The third-order valence-corrected chi connectivity index (χ3v) is 6.71. The van der Waals surface area contributed by atoms with Gasteiger partial charge in [0, 0.05) is 18.2 Å². The monoisotopic (exact) mass is 446 g/mol. The zero-order valence-corrected chi connectivity index (χ0v) is 18.7. The predicted octanol–water partition coefficient (Wildman–Crippen LogP) is 5.10. The van der Waals surface area contributed by atoms with E-state index in [9.17, 15) is 4.79 Å². The highest BCUT2D eigenvalue weighted by Gasteiger charge is 2.28. The largest absolute Gasteiger partial charge is 0.497 e. The number of methoxy groups -OCH3 is 2. The Morgan fingerprint density at radius 2 is 2.00 bits per heavy atom. The minimum atomic E-state index is -0.185. The number of ether oxygens (including phenoxy) is 3. The summed E-state index contributed by atoms with van der Waals surface area (Å²) >= 11 is 7.82. The Morgan fingerprint density at radius 3 is 2.60 bits per heavy atom. The van der Waals surface area contributed by atoms with Crippen LogP contribution in [0.2, 0.25) is 5.02 Å². The van der Waals surface area contributed by atoms with Crippen LogP contribution in [0.4, 0.5) is 5.13 Å². The number of aromatic nitrogens is 1. The topological polar surface area (TPSA) is 60.9 Å². The number of aryl methyl sites for hydroxylation is 1. The second-order valence-electron chi connectivity index (χ2n) is 7.19. The van der Waals surface area contributed by atoms with E-state index in [0.717, 1.165) is 28.6 Å². The van der Waals surface area contributed by atoms with Crippen molar-refractivity contribution in [3.8, 4) is 11.5 Å². The molecule has 1 fully saturated rings. The maximum Gasteiger partial charge on any atom is 0.260 e. The molecule has 0 radical (unpaired) electrons. The lowest BCUT2D eigenvalue weighted by molar-refractivity contribution is 0.0917. The molecule has 1 amide bonds. The van der Waals surface area contributed by atoms with Gasteiger partial charge in [0.25, 0.3) is 5.91 Å². The molecule has 2 aromatic carbocycles. The fraction of sp³-hybridized carbons (Fsp3) is 0.364. The van der Waals surface area contributed by atoms with Crippen molar-refractivity contribution in [2.24, 2.45) is 0 Å². The van der Waals surface area contributed by atoms with E-state index in [4.69, 9.17) is 30.8 Å². The number of anilines is 1. The first kappa shape index (κ1) is 20.9. The first-order valence-electron chi connectivity index (χ1n) is 9.72. The van der Waals surface area contributed by atoms with Crippen LogP contribution < -0.4 is 14.4 Å². The van der Waals surface area contributed by atoms with E-state index in [1.807, 2.05) is 19.1 Å². The number of fused-ring (bicyclic) bond motifs is 1. The van der Waals surface area contributed by atoms with Gasteiger partial charge in [-0.05, 0) is 43.5 Å². The van der Waals surface area contributed by atoms with E-state index in [-0.39, 0.29) is 12.0 Å². The van der Waals surface area contributed by atoms with Gasteiger partial charge in [-0.25, -0.2) is 4.98 Å². The van der Waals surface area contributed by atoms with Gasteiger partial charge in [0.15, 0.2) is 5.13 Å². The molecular weight excluding hydrogens is 424 g/mol. The molecule has 4 rings (SSSR count). The van der Waals surface area contributed by atoms with Gasteiger partial charge in [-0.3, -0.25) is 9.69 Å². The quantitative estimate of drug-likeness (QED) is 0.527. The molecule has 0 saturated carbocycles. The summed E-state index contributed by atoms with van der Waals surface area (Å²) in [7, 11) is 3.12. The molecule has 0 bridgehead atoms. The number of thiazole rings is 1. The number of nitrogens with zero attached hydrogens (tertiary/aromatic N) is 2. The molecule has 1 atom stereocenters. The van der Waals surface area contributed by atoms with E-state index >= 15 is 0 Å². The van der Waals surface area contributed by atoms with Crippen LogP contribution in [0.15, 0.2) is 30.3 Å². The SMILES string of the molecule is COc1cc(OC)cc(C(=O)N(CC2CCCO2)c2nc3c(C)ccc(Cl)c3s2)c1. The molecule has 0 aliphatic carbocycles. The van der Waals surface area contributed by atoms with Crippen molar-refractivity contribution in [1.82, 2.24) is 4.98 Å². The summed E-state index contributed by atoms with van der Waals surface area (Å²) in [4.78, 5) is 20.1. The minimum Gasteiger partial charge on any atom is -0.497 e. The summed E-state index contributed by atoms with van der Waals surface area (Å²) in [5.74, 6) is 0.923. The number of hydrogen-bond donors (Lipinski definition) is 0. The summed E-state index contributed by atoms with van der Waals surface area (Å²) in [6.45, 7) is 3.13. The zero-order chi connectivity index (χ0) is 21.3. The van der Waals surface area contributed by atoms with Crippen molar-refractivity contribution in [2.45, 2.75) is 25.9 Å². The van der Waals surface area contributed by atoms with E-state index < -0.39 is 0 Å². The van der Waals surface area contributed by atoms with Crippen molar-refractivity contribution in [3.05, 3.63) is 46.5 Å². The van der Waals surface area contributed by atoms with Crippen LogP contribution in [-0.2, 0) is 4.74 Å². The fourth-order valence-corrected chi connectivity index (χ4v) is 4.86. The molecule has 8 heteroatoms. The maximum atomic E-state index is 13.6. The molecule has 1 saturated heterocycles. The van der Waals surface area contributed by atoms with Gasteiger partial charge in [-0.1, -0.05) is 29.0 Å². The number of rotatable bonds is 6. The number of amides is 1. The van der Waals surface area contributed by atoms with Gasteiger partial charge < -0.3 is 14.2 Å². The Bertz CT molecular complexity index is 1020. The average molecular weight is 447 g/mol. The molecule has 158 valence electrons. The van der Waals surface area contributed by atoms with Gasteiger partial charge >= 0.3 is 0 Å². The van der Waals surface area contributed by atoms with Crippen LogP contribution in [0.3, 0.4) is 0 Å². The van der Waals surface area contributed by atoms with Crippen LogP contribution >= 0.6 is 22.9 Å². The van der Waals surface area contributed by atoms with Gasteiger partial charge in [-0.2, -0.15) is 0 Å². The third kappa shape index (κ3) is 4.10. The van der Waals surface area contributed by atoms with Crippen LogP contribution in [0.5, 0.6) is 11.5 Å². The maximum absolute atomic E-state index is 13.6. The van der Waals surface area contributed by atoms with Crippen molar-refractivity contribution in [3.63, 3.8) is 0 Å². The van der Waals surface area contributed by atoms with Gasteiger partial charge in [0.05, 0.1) is 42.1 Å². The molecule has 1 aliphatic heterocycles. The van der Waals surface area contributed by atoms with Gasteiger partial charge in [0.2, 0.25) is 0 Å². The highest BCUT2D eigenvalue weighted by atomic mass is 35.5. The van der Waals surface area contributed by atoms with E-state index in [0.29, 0.717) is 40.4 Å². The molecule has 6 nitrogen and oxygen atoms in total. The van der Waals surface area contributed by atoms with Gasteiger partial charge in [0.1, 0.15) is 11.5 Å². The Balaban J connectivity index is 1.78. The summed E-state index contributed by atoms with van der Waals surface area (Å²) in [5.41, 5.74) is 2.30. The number of carbonyl (C=O) groups is 1. The number of halogens is 1. The molecule has 2 heterocycles. The molecule has 0 spiro atoms. The van der Waals surface area contributed by atoms with Gasteiger partial charge in [-0.15, -0.1) is 0 Å². The van der Waals surface area contributed by atoms with Crippen LogP contribution in [0.25, 0.3) is 10.2 Å². The highest BCUT2D eigenvalue weighted by molar-refractivity contribution is 7.23. The molecule has 3 aromatic rings. The molecule has 30 heavy (non-hydrogen) atoms. The Labute approximate surface area is 184 Å². The van der Waals surface area contributed by atoms with Crippen molar-refractivity contribution in [1.29, 1.82) is 0 Å². The lowest BCUT2D eigenvalue weighted by Gasteiger charge is -2.23. The predicted molar refractivity (Wildman–Crippen MR) is 120 cm³/mol. The molecule has 0 N–H and O–H groups in total. The fourth-order valence-electron chi connectivity index (χ4n) is 3.53. The first-order valence-corrected chi connectivity index (χ1v) is 10.9. The summed E-state index contributed by atoms with van der Waals surface area (Å²) in [6, 6.07) is 8.95. The summed E-state index contributed by atoms with van der Waals surface area (Å²) < 4.78 is 17.4. The summed E-state index contributed by atoms with van der Waals surface area (Å²) in [6.07, 6.45) is 1.88. The second kappa shape index (κ2) is 8.79. The van der Waals surface area contributed by atoms with E-state index in [2.05, 4.69) is 0 Å². The number of carbonyl (C=O) groups excluding carboxylic acids is 1. The molecule has 1 unspecified atom stereocenters. The second-order valence-corrected chi connectivity index (χ2v) is 8.58. The van der Waals surface area contributed by atoms with E-state index in [1.165, 1.54) is 11.3 Å². The van der Waals surface area contributed by atoms with Crippen molar-refractivity contribution in [2.75, 3.05) is 32.3 Å². The zero-order valence-electron chi connectivity index (χ0n) is 17.1.